The lowest BCUT2D eigenvalue weighted by Gasteiger charge is -2.17. The minimum Gasteiger partial charge on any atom is -0.493 e. The number of nitrogens with zero attached hydrogens (tertiary/aromatic N) is 2. The molecule has 0 saturated heterocycles. The van der Waals surface area contributed by atoms with Gasteiger partial charge in [0, 0.05) is 0 Å². The number of carbonyl (C=O) groups excluding carboxylic acids is 1. The van der Waals surface area contributed by atoms with Gasteiger partial charge in [-0.3, -0.25) is 4.79 Å². The second-order valence-electron chi connectivity index (χ2n) is 8.94. The van der Waals surface area contributed by atoms with E-state index in [1.54, 1.807) is 20.3 Å². The maximum Gasteiger partial charge on any atom is 0.224 e. The van der Waals surface area contributed by atoms with Crippen molar-refractivity contribution in [1.82, 2.24) is 14.9 Å². The van der Waals surface area contributed by atoms with Gasteiger partial charge < -0.3 is 24.1 Å². The maximum absolute atomic E-state index is 12.9. The number of para-hydroxylation sites is 2. The van der Waals surface area contributed by atoms with Crippen molar-refractivity contribution in [2.24, 2.45) is 0 Å². The molecule has 7 nitrogen and oxygen atoms in total. The van der Waals surface area contributed by atoms with Gasteiger partial charge in [-0.25, -0.2) is 4.98 Å². The van der Waals surface area contributed by atoms with Crippen LogP contribution in [0.15, 0.2) is 60.7 Å². The van der Waals surface area contributed by atoms with E-state index in [1.807, 2.05) is 55.5 Å². The first kappa shape index (κ1) is 25.1. The van der Waals surface area contributed by atoms with Gasteiger partial charge in [-0.1, -0.05) is 24.3 Å². The number of amides is 1. The van der Waals surface area contributed by atoms with Crippen molar-refractivity contribution in [3.8, 4) is 17.2 Å². The molecule has 0 radical (unpaired) electrons. The maximum atomic E-state index is 12.9. The highest BCUT2D eigenvalue weighted by Gasteiger charge is 2.19. The smallest absolute Gasteiger partial charge is 0.224 e. The van der Waals surface area contributed by atoms with Crippen molar-refractivity contribution < 1.29 is 19.0 Å². The summed E-state index contributed by atoms with van der Waals surface area (Å²) in [5.41, 5.74) is 5.08. The van der Waals surface area contributed by atoms with Crippen molar-refractivity contribution in [3.05, 3.63) is 83.2 Å². The van der Waals surface area contributed by atoms with Gasteiger partial charge in [0.05, 0.1) is 44.3 Å². The Morgan fingerprint density at radius 3 is 2.42 bits per heavy atom. The van der Waals surface area contributed by atoms with Crippen LogP contribution in [0.25, 0.3) is 11.0 Å². The fraction of sp³-hybridized carbons (Fsp3) is 0.310. The highest BCUT2D eigenvalue weighted by molar-refractivity contribution is 5.80. The molecule has 1 atom stereocenters. The van der Waals surface area contributed by atoms with Crippen LogP contribution in [-0.2, 0) is 17.8 Å². The number of rotatable bonds is 10. The number of ether oxygens (including phenoxy) is 3. The molecule has 4 rings (SSSR count). The van der Waals surface area contributed by atoms with E-state index in [0.717, 1.165) is 28.2 Å². The van der Waals surface area contributed by atoms with E-state index in [2.05, 4.69) is 29.8 Å². The summed E-state index contributed by atoms with van der Waals surface area (Å²) in [7, 11) is 3.17. The number of fused-ring (bicyclic) bond motifs is 1. The van der Waals surface area contributed by atoms with Crippen LogP contribution in [0.3, 0.4) is 0 Å². The van der Waals surface area contributed by atoms with Gasteiger partial charge in [0.1, 0.15) is 18.2 Å². The number of nitrogens with one attached hydrogen (secondary N) is 1. The minimum absolute atomic E-state index is 0.0974. The van der Waals surface area contributed by atoms with Crippen LogP contribution < -0.4 is 19.5 Å². The zero-order valence-corrected chi connectivity index (χ0v) is 21.5. The summed E-state index contributed by atoms with van der Waals surface area (Å²) in [6.07, 6.45) is 0.223. The molecule has 1 aromatic heterocycles. The van der Waals surface area contributed by atoms with E-state index in [4.69, 9.17) is 19.2 Å². The predicted octanol–water partition coefficient (Wildman–Crippen LogP) is 5.17. The lowest BCUT2D eigenvalue weighted by atomic mass is 10.1. The molecule has 0 fully saturated rings. The van der Waals surface area contributed by atoms with E-state index in [-0.39, 0.29) is 18.4 Å². The monoisotopic (exact) mass is 487 g/mol. The van der Waals surface area contributed by atoms with Crippen LogP contribution in [0, 0.1) is 13.8 Å². The Hall–Kier alpha value is -4.00. The quantitative estimate of drug-likeness (QED) is 0.334. The molecule has 1 N–H and O–H groups in total. The third-order valence-corrected chi connectivity index (χ3v) is 6.04. The van der Waals surface area contributed by atoms with Crippen molar-refractivity contribution >= 4 is 16.9 Å². The SMILES string of the molecule is COc1ccc(CC(=O)NC(C)c2nc3ccccc3n2CCOc2cc(C)cc(C)c2)cc1OC. The first-order chi connectivity index (χ1) is 17.4. The fourth-order valence-electron chi connectivity index (χ4n) is 4.46. The molecule has 3 aromatic carbocycles. The van der Waals surface area contributed by atoms with Gasteiger partial charge in [0.15, 0.2) is 11.5 Å². The average Bonchev–Trinajstić information content (AvgIpc) is 3.22. The van der Waals surface area contributed by atoms with Crippen LogP contribution >= 0.6 is 0 Å². The first-order valence-corrected chi connectivity index (χ1v) is 12.0. The summed E-state index contributed by atoms with van der Waals surface area (Å²) in [6, 6.07) is 19.4. The number of imidazole rings is 1. The van der Waals surface area contributed by atoms with Gasteiger partial charge in [-0.2, -0.15) is 0 Å². The van der Waals surface area contributed by atoms with Crippen LogP contribution in [0.4, 0.5) is 0 Å². The van der Waals surface area contributed by atoms with Gasteiger partial charge in [-0.15, -0.1) is 0 Å². The Labute approximate surface area is 212 Å². The molecule has 0 bridgehead atoms. The number of benzene rings is 3. The van der Waals surface area contributed by atoms with E-state index < -0.39 is 0 Å². The second-order valence-corrected chi connectivity index (χ2v) is 8.94. The summed E-state index contributed by atoms with van der Waals surface area (Å²) in [4.78, 5) is 17.7. The molecule has 1 unspecified atom stereocenters. The second kappa shape index (κ2) is 11.2. The highest BCUT2D eigenvalue weighted by atomic mass is 16.5. The summed E-state index contributed by atoms with van der Waals surface area (Å²) in [6.45, 7) is 7.18. The molecule has 0 spiro atoms. The van der Waals surface area contributed by atoms with Crippen LogP contribution in [-0.4, -0.2) is 36.3 Å². The minimum atomic E-state index is -0.286. The molecule has 1 heterocycles. The Balaban J connectivity index is 1.48. The number of aromatic nitrogens is 2. The normalized spacial score (nSPS) is 11.8. The van der Waals surface area contributed by atoms with E-state index in [1.165, 1.54) is 11.1 Å². The van der Waals surface area contributed by atoms with Crippen LogP contribution in [0.1, 0.15) is 35.5 Å². The number of carbonyl (C=O) groups is 1. The standard InChI is InChI=1S/C29H33N3O4/c1-19-14-20(2)16-23(15-19)36-13-12-32-25-9-7-6-8-24(25)31-29(32)21(3)30-28(33)18-22-10-11-26(34-4)27(17-22)35-5/h6-11,14-17,21H,12-13,18H2,1-5H3,(H,30,33). The summed E-state index contributed by atoms with van der Waals surface area (Å²) < 4.78 is 18.8. The van der Waals surface area contributed by atoms with Crippen molar-refractivity contribution in [2.75, 3.05) is 20.8 Å². The molecule has 0 saturated carbocycles. The lowest BCUT2D eigenvalue weighted by molar-refractivity contribution is -0.121. The molecule has 0 aliphatic carbocycles. The lowest BCUT2D eigenvalue weighted by Crippen LogP contribution is -2.30. The molecular formula is C29H33N3O4. The zero-order chi connectivity index (χ0) is 25.7. The molecule has 0 aliphatic heterocycles. The van der Waals surface area contributed by atoms with Gasteiger partial charge in [0.2, 0.25) is 5.91 Å². The predicted molar refractivity (Wildman–Crippen MR) is 141 cm³/mol. The summed E-state index contributed by atoms with van der Waals surface area (Å²) in [5.74, 6) is 2.78. The van der Waals surface area contributed by atoms with Gasteiger partial charge in [0.25, 0.3) is 0 Å². The van der Waals surface area contributed by atoms with Crippen molar-refractivity contribution in [1.29, 1.82) is 0 Å². The van der Waals surface area contributed by atoms with E-state index in [9.17, 15) is 4.79 Å². The van der Waals surface area contributed by atoms with Gasteiger partial charge in [-0.05, 0) is 73.9 Å². The molecule has 1 amide bonds. The Kier molecular flexibility index (Phi) is 7.78. The number of methoxy groups -OCH3 is 2. The molecular weight excluding hydrogens is 454 g/mol. The first-order valence-electron chi connectivity index (χ1n) is 12.0. The van der Waals surface area contributed by atoms with Gasteiger partial charge >= 0.3 is 0 Å². The van der Waals surface area contributed by atoms with E-state index >= 15 is 0 Å². The number of aryl methyl sites for hydroxylation is 2. The van der Waals surface area contributed by atoms with Crippen molar-refractivity contribution in [2.45, 2.75) is 39.8 Å². The Morgan fingerprint density at radius 1 is 0.972 bits per heavy atom. The number of hydrogen-bond donors (Lipinski definition) is 1. The highest BCUT2D eigenvalue weighted by Crippen LogP contribution is 2.28. The zero-order valence-electron chi connectivity index (χ0n) is 21.5. The molecule has 7 heteroatoms. The fourth-order valence-corrected chi connectivity index (χ4v) is 4.46. The molecule has 188 valence electrons. The largest absolute Gasteiger partial charge is 0.493 e. The number of hydrogen-bond acceptors (Lipinski definition) is 5. The third kappa shape index (κ3) is 5.79. The Bertz CT molecular complexity index is 1340. The Morgan fingerprint density at radius 2 is 1.69 bits per heavy atom. The van der Waals surface area contributed by atoms with Crippen molar-refractivity contribution in [3.63, 3.8) is 0 Å². The topological polar surface area (TPSA) is 74.6 Å². The summed E-state index contributed by atoms with van der Waals surface area (Å²) >= 11 is 0. The molecule has 4 aromatic rings. The van der Waals surface area contributed by atoms with Crippen LogP contribution in [0.5, 0.6) is 17.2 Å². The van der Waals surface area contributed by atoms with Crippen LogP contribution in [0.2, 0.25) is 0 Å². The molecule has 0 aliphatic rings. The molecule has 36 heavy (non-hydrogen) atoms. The summed E-state index contributed by atoms with van der Waals surface area (Å²) in [5, 5.41) is 3.10. The average molecular weight is 488 g/mol. The third-order valence-electron chi connectivity index (χ3n) is 6.04. The van der Waals surface area contributed by atoms with E-state index in [0.29, 0.717) is 24.7 Å².